The van der Waals surface area contributed by atoms with Crippen molar-refractivity contribution in [1.29, 1.82) is 0 Å². The average molecular weight is 254 g/mol. The third-order valence-electron chi connectivity index (χ3n) is 4.10. The molecule has 0 aromatic heterocycles. The lowest BCUT2D eigenvalue weighted by molar-refractivity contribution is -0.151. The molecular weight excluding hydrogens is 232 g/mol. The van der Waals surface area contributed by atoms with Crippen molar-refractivity contribution in [2.45, 2.75) is 51.1 Å². The maximum absolute atomic E-state index is 12.2. The van der Waals surface area contributed by atoms with Crippen molar-refractivity contribution in [3.63, 3.8) is 0 Å². The molecule has 2 aliphatic rings. The van der Waals surface area contributed by atoms with Crippen LogP contribution in [-0.4, -0.2) is 42.0 Å². The van der Waals surface area contributed by atoms with Crippen LogP contribution in [0.2, 0.25) is 0 Å². The van der Waals surface area contributed by atoms with Gasteiger partial charge >= 0.3 is 5.97 Å². The largest absolute Gasteiger partial charge is 0.464 e. The Hall–Kier alpha value is -1.10. The molecule has 1 heterocycles. The van der Waals surface area contributed by atoms with Gasteiger partial charge in [-0.3, -0.25) is 4.79 Å². The highest BCUT2D eigenvalue weighted by atomic mass is 16.5. The second-order valence-electron chi connectivity index (χ2n) is 5.16. The van der Waals surface area contributed by atoms with Crippen molar-refractivity contribution in [3.05, 3.63) is 0 Å². The molecule has 1 saturated carbocycles. The Bertz CT molecular complexity index is 332. The lowest BCUT2D eigenvalue weighted by atomic mass is 9.85. The number of nitrogens with two attached hydrogens (primary N) is 1. The summed E-state index contributed by atoms with van der Waals surface area (Å²) in [5, 5.41) is 0. The molecule has 3 atom stereocenters. The first-order valence-corrected chi connectivity index (χ1v) is 6.87. The number of rotatable bonds is 3. The van der Waals surface area contributed by atoms with Crippen LogP contribution in [-0.2, 0) is 14.3 Å². The fourth-order valence-corrected chi connectivity index (χ4v) is 3.19. The molecular formula is C13H22N2O3. The summed E-state index contributed by atoms with van der Waals surface area (Å²) in [6, 6.07) is -0.850. The Kier molecular flexibility index (Phi) is 4.22. The lowest BCUT2D eigenvalue weighted by Crippen LogP contribution is -2.51. The van der Waals surface area contributed by atoms with Gasteiger partial charge in [-0.2, -0.15) is 0 Å². The van der Waals surface area contributed by atoms with Gasteiger partial charge in [-0.15, -0.1) is 0 Å². The van der Waals surface area contributed by atoms with Crippen LogP contribution in [0.5, 0.6) is 0 Å². The topological polar surface area (TPSA) is 72.6 Å². The van der Waals surface area contributed by atoms with Crippen LogP contribution in [0.15, 0.2) is 0 Å². The van der Waals surface area contributed by atoms with E-state index in [9.17, 15) is 9.59 Å². The standard InChI is InChI=1S/C13H22N2O3/c1-2-18-13(17)11(14)12(16)15-8-7-9-5-3-4-6-10(9)15/h9-11H,2-8,14H2,1H3. The summed E-state index contributed by atoms with van der Waals surface area (Å²) in [6.45, 7) is 2.70. The fraction of sp³-hybridized carbons (Fsp3) is 0.846. The maximum atomic E-state index is 12.2. The predicted molar refractivity (Wildman–Crippen MR) is 66.7 cm³/mol. The van der Waals surface area contributed by atoms with Crippen molar-refractivity contribution >= 4 is 11.9 Å². The average Bonchev–Trinajstić information content (AvgIpc) is 2.81. The number of carbonyl (C=O) groups is 2. The highest BCUT2D eigenvalue weighted by molar-refractivity contribution is 6.01. The predicted octanol–water partition coefficient (Wildman–Crippen LogP) is 0.668. The molecule has 0 radical (unpaired) electrons. The van der Waals surface area contributed by atoms with E-state index in [1.54, 1.807) is 6.92 Å². The van der Waals surface area contributed by atoms with E-state index in [0.717, 1.165) is 19.4 Å². The summed E-state index contributed by atoms with van der Waals surface area (Å²) in [6.07, 6.45) is 5.72. The summed E-state index contributed by atoms with van der Waals surface area (Å²) >= 11 is 0. The molecule has 2 N–H and O–H groups in total. The van der Waals surface area contributed by atoms with Gasteiger partial charge in [0.05, 0.1) is 6.61 Å². The monoisotopic (exact) mass is 254 g/mol. The van der Waals surface area contributed by atoms with Crippen molar-refractivity contribution in [2.24, 2.45) is 11.7 Å². The number of esters is 1. The van der Waals surface area contributed by atoms with Gasteiger partial charge in [0.15, 0.2) is 6.04 Å². The number of likely N-dealkylation sites (tertiary alicyclic amines) is 1. The minimum atomic E-state index is -1.15. The molecule has 102 valence electrons. The van der Waals surface area contributed by atoms with Gasteiger partial charge in [-0.1, -0.05) is 12.8 Å². The molecule has 1 aliphatic heterocycles. The van der Waals surface area contributed by atoms with E-state index in [-0.39, 0.29) is 12.5 Å². The van der Waals surface area contributed by atoms with E-state index in [1.165, 1.54) is 19.3 Å². The van der Waals surface area contributed by atoms with Crippen molar-refractivity contribution in [3.8, 4) is 0 Å². The van der Waals surface area contributed by atoms with Crippen molar-refractivity contribution in [2.75, 3.05) is 13.2 Å². The van der Waals surface area contributed by atoms with E-state index in [2.05, 4.69) is 0 Å². The molecule has 5 nitrogen and oxygen atoms in total. The highest BCUT2D eigenvalue weighted by Crippen LogP contribution is 2.36. The van der Waals surface area contributed by atoms with E-state index < -0.39 is 12.0 Å². The van der Waals surface area contributed by atoms with Crippen LogP contribution in [0.1, 0.15) is 39.0 Å². The Morgan fingerprint density at radius 1 is 1.33 bits per heavy atom. The lowest BCUT2D eigenvalue weighted by Gasteiger charge is -2.32. The SMILES string of the molecule is CCOC(=O)C(N)C(=O)N1CCC2CCCCC21. The van der Waals surface area contributed by atoms with Crippen molar-refractivity contribution in [1.82, 2.24) is 4.90 Å². The van der Waals surface area contributed by atoms with Crippen LogP contribution in [0.25, 0.3) is 0 Å². The van der Waals surface area contributed by atoms with Crippen LogP contribution in [0.3, 0.4) is 0 Å². The maximum Gasteiger partial charge on any atom is 0.332 e. The third kappa shape index (κ3) is 2.51. The second-order valence-corrected chi connectivity index (χ2v) is 5.16. The Morgan fingerprint density at radius 3 is 2.78 bits per heavy atom. The van der Waals surface area contributed by atoms with Gasteiger partial charge in [0.25, 0.3) is 5.91 Å². The first-order valence-electron chi connectivity index (χ1n) is 6.87. The highest BCUT2D eigenvalue weighted by Gasteiger charge is 2.41. The second kappa shape index (κ2) is 5.69. The van der Waals surface area contributed by atoms with Gasteiger partial charge in [-0.25, -0.2) is 4.79 Å². The summed E-state index contributed by atoms with van der Waals surface area (Å²) in [5.41, 5.74) is 5.68. The molecule has 2 fully saturated rings. The molecule has 0 aromatic carbocycles. The molecule has 3 unspecified atom stereocenters. The minimum absolute atomic E-state index is 0.256. The zero-order chi connectivity index (χ0) is 13.1. The van der Waals surface area contributed by atoms with Crippen molar-refractivity contribution < 1.29 is 14.3 Å². The molecule has 1 aliphatic carbocycles. The smallest absolute Gasteiger partial charge is 0.332 e. The molecule has 0 bridgehead atoms. The number of nitrogens with zero attached hydrogens (tertiary/aromatic N) is 1. The van der Waals surface area contributed by atoms with Gasteiger partial charge in [0, 0.05) is 12.6 Å². The van der Waals surface area contributed by atoms with Crippen LogP contribution in [0.4, 0.5) is 0 Å². The first-order chi connectivity index (χ1) is 8.65. The number of hydrogen-bond acceptors (Lipinski definition) is 4. The molecule has 2 rings (SSSR count). The number of ether oxygens (including phenoxy) is 1. The summed E-state index contributed by atoms with van der Waals surface area (Å²) in [4.78, 5) is 25.5. The van der Waals surface area contributed by atoms with Crippen LogP contribution in [0, 0.1) is 5.92 Å². The van der Waals surface area contributed by atoms with Gasteiger partial charge in [0.2, 0.25) is 0 Å². The molecule has 18 heavy (non-hydrogen) atoms. The first kappa shape index (κ1) is 13.3. The number of amides is 1. The van der Waals surface area contributed by atoms with Crippen LogP contribution < -0.4 is 5.73 Å². The number of carbonyl (C=O) groups excluding carboxylic acids is 2. The summed E-state index contributed by atoms with van der Waals surface area (Å²) in [7, 11) is 0. The third-order valence-corrected chi connectivity index (χ3v) is 4.10. The van der Waals surface area contributed by atoms with E-state index in [0.29, 0.717) is 12.0 Å². The van der Waals surface area contributed by atoms with E-state index in [4.69, 9.17) is 10.5 Å². The normalized spacial score (nSPS) is 28.7. The zero-order valence-electron chi connectivity index (χ0n) is 10.9. The summed E-state index contributed by atoms with van der Waals surface area (Å²) in [5.74, 6) is -0.262. The number of hydrogen-bond donors (Lipinski definition) is 1. The molecule has 5 heteroatoms. The Labute approximate surface area is 108 Å². The zero-order valence-corrected chi connectivity index (χ0v) is 10.9. The quantitative estimate of drug-likeness (QED) is 0.593. The van der Waals surface area contributed by atoms with Gasteiger partial charge in [-0.05, 0) is 32.1 Å². The van der Waals surface area contributed by atoms with E-state index >= 15 is 0 Å². The molecule has 0 spiro atoms. The number of fused-ring (bicyclic) bond motifs is 1. The van der Waals surface area contributed by atoms with Crippen LogP contribution >= 0.6 is 0 Å². The fourth-order valence-electron chi connectivity index (χ4n) is 3.19. The summed E-state index contributed by atoms with van der Waals surface area (Å²) < 4.78 is 4.81. The molecule has 0 aromatic rings. The van der Waals surface area contributed by atoms with Gasteiger partial charge in [0.1, 0.15) is 0 Å². The molecule has 1 saturated heterocycles. The Morgan fingerprint density at radius 2 is 2.06 bits per heavy atom. The molecule has 1 amide bonds. The Balaban J connectivity index is 1.98. The van der Waals surface area contributed by atoms with Gasteiger partial charge < -0.3 is 15.4 Å². The van der Waals surface area contributed by atoms with E-state index in [1.807, 2.05) is 4.90 Å². The minimum Gasteiger partial charge on any atom is -0.464 e.